The molecule has 7 heteroatoms. The molecule has 0 aliphatic carbocycles. The van der Waals surface area contributed by atoms with Crippen molar-refractivity contribution in [2.45, 2.75) is 33.9 Å². The van der Waals surface area contributed by atoms with Gasteiger partial charge in [0, 0.05) is 38.6 Å². The predicted molar refractivity (Wildman–Crippen MR) is 72.9 cm³/mol. The average Bonchev–Trinajstić information content (AvgIpc) is 2.35. The second-order valence-electron chi connectivity index (χ2n) is 4.48. The van der Waals surface area contributed by atoms with Crippen molar-refractivity contribution in [3.63, 3.8) is 0 Å². The first kappa shape index (κ1) is 15.6. The van der Waals surface area contributed by atoms with Crippen LogP contribution in [0, 0.1) is 17.0 Å². The molecule has 0 fully saturated rings. The van der Waals surface area contributed by atoms with Gasteiger partial charge in [-0.1, -0.05) is 6.07 Å². The van der Waals surface area contributed by atoms with Crippen molar-refractivity contribution < 1.29 is 14.5 Å². The van der Waals surface area contributed by atoms with Gasteiger partial charge in [-0.05, 0) is 18.1 Å². The molecular weight excluding hydrogens is 262 g/mol. The zero-order chi connectivity index (χ0) is 15.3. The maximum absolute atomic E-state index is 11.0. The highest BCUT2D eigenvalue weighted by molar-refractivity contribution is 5.73. The number of rotatable bonds is 5. The van der Waals surface area contributed by atoms with Crippen molar-refractivity contribution in [2.75, 3.05) is 0 Å². The van der Waals surface area contributed by atoms with E-state index in [-0.39, 0.29) is 30.6 Å². The summed E-state index contributed by atoms with van der Waals surface area (Å²) >= 11 is 0. The molecule has 2 N–H and O–H groups in total. The fraction of sp³-hybridized carbons (Fsp3) is 0.385. The summed E-state index contributed by atoms with van der Waals surface area (Å²) < 4.78 is 0. The fourth-order valence-corrected chi connectivity index (χ4v) is 1.74. The molecule has 0 radical (unpaired) electrons. The Morgan fingerprint density at radius 3 is 2.20 bits per heavy atom. The van der Waals surface area contributed by atoms with Crippen LogP contribution < -0.4 is 10.6 Å². The molecule has 7 nitrogen and oxygen atoms in total. The highest BCUT2D eigenvalue weighted by atomic mass is 16.6. The Hall–Kier alpha value is -2.44. The number of carbonyl (C=O) groups excluding carboxylic acids is 2. The average molecular weight is 279 g/mol. The lowest BCUT2D eigenvalue weighted by molar-refractivity contribution is -0.385. The fourth-order valence-electron chi connectivity index (χ4n) is 1.74. The summed E-state index contributed by atoms with van der Waals surface area (Å²) in [5, 5.41) is 16.2. The van der Waals surface area contributed by atoms with E-state index in [1.54, 1.807) is 13.0 Å². The Morgan fingerprint density at radius 1 is 1.15 bits per heavy atom. The first-order valence-electron chi connectivity index (χ1n) is 6.07. The molecule has 1 aromatic carbocycles. The number of amides is 2. The number of nitro benzene ring substituents is 1. The van der Waals surface area contributed by atoms with Crippen LogP contribution in [0.4, 0.5) is 5.69 Å². The zero-order valence-corrected chi connectivity index (χ0v) is 11.6. The Bertz CT molecular complexity index is 555. The van der Waals surface area contributed by atoms with Crippen LogP contribution in [0.3, 0.4) is 0 Å². The van der Waals surface area contributed by atoms with E-state index < -0.39 is 4.92 Å². The van der Waals surface area contributed by atoms with Gasteiger partial charge < -0.3 is 10.6 Å². The number of nitrogens with zero attached hydrogens (tertiary/aromatic N) is 1. The van der Waals surface area contributed by atoms with Crippen LogP contribution in [0.15, 0.2) is 12.1 Å². The quantitative estimate of drug-likeness (QED) is 0.624. The third-order valence-electron chi connectivity index (χ3n) is 2.81. The van der Waals surface area contributed by atoms with Crippen LogP contribution in [-0.2, 0) is 22.7 Å². The molecule has 0 heterocycles. The summed E-state index contributed by atoms with van der Waals surface area (Å²) in [7, 11) is 0. The van der Waals surface area contributed by atoms with Gasteiger partial charge in [-0.2, -0.15) is 0 Å². The summed E-state index contributed by atoms with van der Waals surface area (Å²) in [5.41, 5.74) is 1.77. The number of hydrogen-bond acceptors (Lipinski definition) is 4. The Balaban J connectivity index is 3.10. The van der Waals surface area contributed by atoms with Crippen molar-refractivity contribution >= 4 is 17.5 Å². The molecule has 20 heavy (non-hydrogen) atoms. The van der Waals surface area contributed by atoms with Crippen LogP contribution in [0.2, 0.25) is 0 Å². The van der Waals surface area contributed by atoms with Gasteiger partial charge in [-0.25, -0.2) is 0 Å². The molecule has 0 bridgehead atoms. The zero-order valence-electron chi connectivity index (χ0n) is 11.6. The largest absolute Gasteiger partial charge is 0.352 e. The molecular formula is C13H17N3O4. The number of benzene rings is 1. The number of carbonyl (C=O) groups is 2. The van der Waals surface area contributed by atoms with Gasteiger partial charge in [0.2, 0.25) is 11.8 Å². The first-order valence-corrected chi connectivity index (χ1v) is 6.07. The maximum atomic E-state index is 11.0. The smallest absolute Gasteiger partial charge is 0.272 e. The third-order valence-corrected chi connectivity index (χ3v) is 2.81. The molecule has 0 saturated heterocycles. The number of nitrogens with one attached hydrogen (secondary N) is 2. The van der Waals surface area contributed by atoms with Crippen molar-refractivity contribution in [2.24, 2.45) is 0 Å². The lowest BCUT2D eigenvalue weighted by Crippen LogP contribution is -2.21. The Kier molecular flexibility index (Phi) is 5.19. The van der Waals surface area contributed by atoms with E-state index >= 15 is 0 Å². The maximum Gasteiger partial charge on any atom is 0.272 e. The number of hydrogen-bond donors (Lipinski definition) is 2. The minimum atomic E-state index is -0.468. The summed E-state index contributed by atoms with van der Waals surface area (Å²) in [4.78, 5) is 32.4. The molecule has 1 aromatic rings. The van der Waals surface area contributed by atoms with E-state index in [0.29, 0.717) is 16.7 Å². The highest BCUT2D eigenvalue weighted by Gasteiger charge is 2.16. The summed E-state index contributed by atoms with van der Waals surface area (Å²) in [6.45, 7) is 4.82. The highest BCUT2D eigenvalue weighted by Crippen LogP contribution is 2.24. The SMILES string of the molecule is CC(=O)NCc1cc(CNC(C)=O)c(C)c([N+](=O)[O-])c1. The topological polar surface area (TPSA) is 101 Å². The Labute approximate surface area is 116 Å². The molecule has 108 valence electrons. The van der Waals surface area contributed by atoms with Crippen molar-refractivity contribution in [3.8, 4) is 0 Å². The van der Waals surface area contributed by atoms with E-state index in [0.717, 1.165) is 0 Å². The summed E-state index contributed by atoms with van der Waals surface area (Å²) in [6, 6.07) is 3.18. The van der Waals surface area contributed by atoms with Gasteiger partial charge in [0.05, 0.1) is 4.92 Å². The molecule has 0 atom stereocenters. The van der Waals surface area contributed by atoms with E-state index in [4.69, 9.17) is 0 Å². The molecule has 0 aromatic heterocycles. The molecule has 0 spiro atoms. The van der Waals surface area contributed by atoms with Gasteiger partial charge in [0.15, 0.2) is 0 Å². The van der Waals surface area contributed by atoms with Crippen molar-refractivity contribution in [1.29, 1.82) is 0 Å². The van der Waals surface area contributed by atoms with E-state index in [1.165, 1.54) is 19.9 Å². The van der Waals surface area contributed by atoms with Crippen molar-refractivity contribution in [1.82, 2.24) is 10.6 Å². The van der Waals surface area contributed by atoms with Crippen LogP contribution in [0.1, 0.15) is 30.5 Å². The molecule has 2 amide bonds. The van der Waals surface area contributed by atoms with Gasteiger partial charge in [-0.15, -0.1) is 0 Å². The standard InChI is InChI=1S/C13H17N3O4/c1-8-12(7-15-10(3)18)4-11(6-14-9(2)17)5-13(8)16(19)20/h4-5H,6-7H2,1-3H3,(H,14,17)(H,15,18). The van der Waals surface area contributed by atoms with Crippen molar-refractivity contribution in [3.05, 3.63) is 38.9 Å². The molecule has 0 unspecified atom stereocenters. The second-order valence-corrected chi connectivity index (χ2v) is 4.48. The minimum Gasteiger partial charge on any atom is -0.352 e. The summed E-state index contributed by atoms with van der Waals surface area (Å²) in [5.74, 6) is -0.420. The third kappa shape index (κ3) is 4.34. The lowest BCUT2D eigenvalue weighted by Gasteiger charge is -2.10. The molecule has 0 aliphatic heterocycles. The lowest BCUT2D eigenvalue weighted by atomic mass is 10.0. The van der Waals surface area contributed by atoms with Gasteiger partial charge in [-0.3, -0.25) is 19.7 Å². The first-order chi connectivity index (χ1) is 9.31. The van der Waals surface area contributed by atoms with Gasteiger partial charge >= 0.3 is 0 Å². The van der Waals surface area contributed by atoms with Crippen LogP contribution in [0.5, 0.6) is 0 Å². The Morgan fingerprint density at radius 2 is 1.70 bits per heavy atom. The normalized spacial score (nSPS) is 9.95. The molecule has 0 aliphatic rings. The van der Waals surface area contributed by atoms with E-state index in [1.807, 2.05) is 0 Å². The van der Waals surface area contributed by atoms with E-state index in [9.17, 15) is 19.7 Å². The van der Waals surface area contributed by atoms with E-state index in [2.05, 4.69) is 10.6 Å². The number of nitro groups is 1. The van der Waals surface area contributed by atoms with Crippen LogP contribution in [-0.4, -0.2) is 16.7 Å². The van der Waals surface area contributed by atoms with Gasteiger partial charge in [0.25, 0.3) is 5.69 Å². The minimum absolute atomic E-state index is 0.0202. The predicted octanol–water partition coefficient (Wildman–Crippen LogP) is 1.18. The molecule has 0 saturated carbocycles. The van der Waals surface area contributed by atoms with Crippen LogP contribution >= 0.6 is 0 Å². The molecule has 1 rings (SSSR count). The van der Waals surface area contributed by atoms with Gasteiger partial charge in [0.1, 0.15) is 0 Å². The second kappa shape index (κ2) is 6.65. The summed E-state index contributed by atoms with van der Waals surface area (Å²) in [6.07, 6.45) is 0. The monoisotopic (exact) mass is 279 g/mol. The van der Waals surface area contributed by atoms with Crippen LogP contribution in [0.25, 0.3) is 0 Å².